The Hall–Kier alpha value is 0.142. The first-order valence-electron chi connectivity index (χ1n) is 7.54. The van der Waals surface area contributed by atoms with Gasteiger partial charge in [-0.3, -0.25) is 14.9 Å². The summed E-state index contributed by atoms with van der Waals surface area (Å²) in [7, 11) is 0. The molecule has 1 aliphatic rings. The number of aliphatic hydroxyl groups is 1. The van der Waals surface area contributed by atoms with Crippen molar-refractivity contribution in [2.45, 2.75) is 66.7 Å². The number of carbonyl (C=O) groups is 2. The van der Waals surface area contributed by atoms with Crippen molar-refractivity contribution in [1.29, 1.82) is 0 Å². The number of nitrogens with one attached hydrogen (secondary N) is 1. The van der Waals surface area contributed by atoms with E-state index in [2.05, 4.69) is 24.2 Å². The molecule has 0 aliphatic carbocycles. The number of rotatable bonds is 5. The molecule has 5 nitrogen and oxygen atoms in total. The van der Waals surface area contributed by atoms with Gasteiger partial charge in [0.2, 0.25) is 5.91 Å². The molecule has 2 unspecified atom stereocenters. The summed E-state index contributed by atoms with van der Waals surface area (Å²) in [6, 6.07) is -0.595. The van der Waals surface area contributed by atoms with E-state index in [0.717, 1.165) is 12.8 Å². The topological polar surface area (TPSA) is 78.8 Å². The summed E-state index contributed by atoms with van der Waals surface area (Å²) in [6.45, 7) is 10.0. The molecular formula is C15H32AlN2NaO3. The molecule has 1 rings (SSSR count). The number of carbonyl (C=O) groups excluding carboxylic acids is 2. The standard InChI is InChI=1S/C11H18N2O3.C4H10.Al.Na.4H/c1-4-6-7(3)11(5-2)8(14)12-10(16)13-9(11)15;1-3-4-2;;;;;;/h7H,4-6H2,1-3H3,(H2,12,13,14,15,16);3-4H2,1-2H3;;;;;;. The third-order valence-electron chi connectivity index (χ3n) is 3.84. The van der Waals surface area contributed by atoms with Gasteiger partial charge in [-0.25, -0.2) is 0 Å². The molecule has 0 fully saturated rings. The van der Waals surface area contributed by atoms with Crippen LogP contribution in [0.3, 0.4) is 0 Å². The number of unbranched alkanes of at least 4 members (excludes halogenated alkanes) is 1. The average molecular weight is 338 g/mol. The van der Waals surface area contributed by atoms with Gasteiger partial charge >= 0.3 is 29.6 Å². The van der Waals surface area contributed by atoms with E-state index in [1.807, 2.05) is 13.8 Å². The first-order chi connectivity index (χ1) is 9.40. The fourth-order valence-electron chi connectivity index (χ4n) is 2.31. The number of amides is 2. The Labute approximate surface area is 167 Å². The second-order valence-electron chi connectivity index (χ2n) is 5.21. The van der Waals surface area contributed by atoms with Crippen LogP contribution in [0.2, 0.25) is 0 Å². The number of hydrogen-bond acceptors (Lipinski definition) is 2. The van der Waals surface area contributed by atoms with Gasteiger partial charge in [0.25, 0.3) is 11.9 Å². The van der Waals surface area contributed by atoms with Crippen LogP contribution in [0.4, 0.5) is 0 Å². The van der Waals surface area contributed by atoms with Gasteiger partial charge in [-0.15, -0.1) is 0 Å². The summed E-state index contributed by atoms with van der Waals surface area (Å²) in [5.74, 6) is -1.04. The average Bonchev–Trinajstić information content (AvgIpc) is 2.39. The van der Waals surface area contributed by atoms with Crippen molar-refractivity contribution in [1.82, 2.24) is 5.32 Å². The SMILES string of the molecule is CCCC.CCCC(C)C1(CC)C(=O)N=C(O)NC1=O.[AlH3].[NaH]. The van der Waals surface area contributed by atoms with Crippen LogP contribution in [0.1, 0.15) is 66.7 Å². The Balaban J connectivity index is -0.000000538. The molecule has 0 saturated heterocycles. The molecule has 0 spiro atoms. The zero-order chi connectivity index (χ0) is 15.8. The van der Waals surface area contributed by atoms with Crippen LogP contribution in [0.5, 0.6) is 0 Å². The van der Waals surface area contributed by atoms with Crippen molar-refractivity contribution < 1.29 is 14.7 Å². The van der Waals surface area contributed by atoms with Gasteiger partial charge in [-0.05, 0) is 18.8 Å². The fourth-order valence-corrected chi connectivity index (χ4v) is 2.31. The molecule has 1 aliphatic heterocycles. The van der Waals surface area contributed by atoms with Gasteiger partial charge in [-0.1, -0.05) is 53.9 Å². The number of amidine groups is 1. The number of aliphatic hydroxyl groups excluding tert-OH is 1. The molecule has 0 bridgehead atoms. The molecule has 2 N–H and O–H groups in total. The van der Waals surface area contributed by atoms with Crippen LogP contribution >= 0.6 is 0 Å². The quantitative estimate of drug-likeness (QED) is 0.587. The first-order valence-corrected chi connectivity index (χ1v) is 7.54. The van der Waals surface area contributed by atoms with Gasteiger partial charge < -0.3 is 5.11 Å². The zero-order valence-electron chi connectivity index (χ0n) is 13.3. The molecule has 0 aromatic rings. The Kier molecular flexibility index (Phi) is 16.7. The second kappa shape index (κ2) is 13.6. The summed E-state index contributed by atoms with van der Waals surface area (Å²) in [6.07, 6.45) is 4.72. The Morgan fingerprint density at radius 2 is 1.64 bits per heavy atom. The molecular weight excluding hydrogens is 306 g/mol. The maximum absolute atomic E-state index is 11.9. The van der Waals surface area contributed by atoms with Crippen LogP contribution in [0, 0.1) is 11.3 Å². The normalized spacial score (nSPS) is 21.2. The minimum atomic E-state index is -1.11. The van der Waals surface area contributed by atoms with Crippen LogP contribution in [0.15, 0.2) is 4.99 Å². The predicted molar refractivity (Wildman–Crippen MR) is 97.7 cm³/mol. The summed E-state index contributed by atoms with van der Waals surface area (Å²) < 4.78 is 0. The van der Waals surface area contributed by atoms with Crippen LogP contribution in [0.25, 0.3) is 0 Å². The van der Waals surface area contributed by atoms with Gasteiger partial charge in [0.1, 0.15) is 5.41 Å². The van der Waals surface area contributed by atoms with E-state index < -0.39 is 23.3 Å². The van der Waals surface area contributed by atoms with Gasteiger partial charge in [0, 0.05) is 0 Å². The molecule has 2 atom stereocenters. The van der Waals surface area contributed by atoms with Crippen molar-refractivity contribution in [2.24, 2.45) is 16.3 Å². The van der Waals surface area contributed by atoms with E-state index in [9.17, 15) is 9.59 Å². The van der Waals surface area contributed by atoms with E-state index in [4.69, 9.17) is 5.11 Å². The molecule has 0 saturated carbocycles. The molecule has 0 aromatic heterocycles. The summed E-state index contributed by atoms with van der Waals surface area (Å²) in [5, 5.41) is 11.3. The van der Waals surface area contributed by atoms with Crippen molar-refractivity contribution in [3.05, 3.63) is 0 Å². The monoisotopic (exact) mass is 338 g/mol. The summed E-state index contributed by atoms with van der Waals surface area (Å²) in [4.78, 5) is 27.2. The second-order valence-corrected chi connectivity index (χ2v) is 5.21. The van der Waals surface area contributed by atoms with Crippen LogP contribution in [-0.2, 0) is 9.59 Å². The van der Waals surface area contributed by atoms with Crippen molar-refractivity contribution in [3.8, 4) is 0 Å². The van der Waals surface area contributed by atoms with E-state index in [1.165, 1.54) is 12.8 Å². The van der Waals surface area contributed by atoms with Crippen LogP contribution in [-0.4, -0.2) is 69.9 Å². The minimum absolute atomic E-state index is 0. The number of nitrogens with zero attached hydrogens (tertiary/aromatic N) is 1. The van der Waals surface area contributed by atoms with Gasteiger partial charge in [-0.2, -0.15) is 4.99 Å². The molecule has 2 amide bonds. The summed E-state index contributed by atoms with van der Waals surface area (Å²) >= 11 is 0. The van der Waals surface area contributed by atoms with Gasteiger partial charge in [0.05, 0.1) is 0 Å². The Bertz CT molecular complexity index is 376. The molecule has 0 aromatic carbocycles. The molecule has 7 heteroatoms. The van der Waals surface area contributed by atoms with Crippen LogP contribution < -0.4 is 5.32 Å². The third kappa shape index (κ3) is 6.72. The molecule has 22 heavy (non-hydrogen) atoms. The number of hydrogen-bond donors (Lipinski definition) is 2. The summed E-state index contributed by atoms with van der Waals surface area (Å²) in [5.41, 5.74) is -1.11. The maximum atomic E-state index is 11.9. The van der Waals surface area contributed by atoms with E-state index in [0.29, 0.717) is 6.42 Å². The van der Waals surface area contributed by atoms with E-state index >= 15 is 0 Å². The number of aliphatic imine (C=N–C) groups is 1. The predicted octanol–water partition coefficient (Wildman–Crippen LogP) is 1.36. The van der Waals surface area contributed by atoms with Gasteiger partial charge in [0.15, 0.2) is 17.4 Å². The Morgan fingerprint density at radius 3 is 1.95 bits per heavy atom. The molecule has 1 heterocycles. The van der Waals surface area contributed by atoms with Crippen molar-refractivity contribution in [2.75, 3.05) is 0 Å². The third-order valence-corrected chi connectivity index (χ3v) is 3.84. The Morgan fingerprint density at radius 1 is 1.14 bits per heavy atom. The fraction of sp³-hybridized carbons (Fsp3) is 0.800. The van der Waals surface area contributed by atoms with Crippen molar-refractivity contribution >= 4 is 64.8 Å². The first kappa shape index (κ1) is 27.0. The van der Waals surface area contributed by atoms with E-state index in [1.54, 1.807) is 6.92 Å². The van der Waals surface area contributed by atoms with Crippen molar-refractivity contribution in [3.63, 3.8) is 0 Å². The van der Waals surface area contributed by atoms with E-state index in [-0.39, 0.29) is 52.8 Å². The zero-order valence-corrected chi connectivity index (χ0v) is 13.3. The molecule has 124 valence electrons. The molecule has 0 radical (unpaired) electrons.